The average molecular weight is 216 g/mol. The molecule has 2 heteroatoms. The maximum Gasteiger partial charge on any atom is 0.0426 e. The summed E-state index contributed by atoms with van der Waals surface area (Å²) in [7, 11) is 0. The summed E-state index contributed by atoms with van der Waals surface area (Å²) in [5, 5.41) is 0. The number of nitrogens with two attached hydrogens (primary N) is 1. The van der Waals surface area contributed by atoms with Gasteiger partial charge in [-0.05, 0) is 37.0 Å². The Kier molecular flexibility index (Phi) is 2.55. The van der Waals surface area contributed by atoms with Crippen LogP contribution in [0.2, 0.25) is 0 Å². The molecule has 1 aromatic carbocycles. The zero-order valence-corrected chi connectivity index (χ0v) is 7.76. The molecule has 0 saturated heterocycles. The number of benzene rings is 1. The molecule has 2 N–H and O–H groups in total. The Morgan fingerprint density at radius 1 is 1.55 bits per heavy atom. The zero-order valence-electron chi connectivity index (χ0n) is 8.18. The van der Waals surface area contributed by atoms with Crippen LogP contribution in [0.1, 0.15) is 14.7 Å². The lowest BCUT2D eigenvalue weighted by atomic mass is 10.1. The minimum absolute atomic E-state index is 0.351. The summed E-state index contributed by atoms with van der Waals surface area (Å²) in [5.74, 6) is 0. The van der Waals surface area contributed by atoms with Crippen molar-refractivity contribution in [1.29, 1.82) is 0 Å². The second-order valence-electron chi connectivity index (χ2n) is 2.33. The molecule has 0 unspecified atom stereocenters. The number of hydrogen-bond acceptors (Lipinski definition) is 1. The summed E-state index contributed by atoms with van der Waals surface area (Å²) in [6, 6.07) is 7.83. The van der Waals surface area contributed by atoms with Crippen molar-refractivity contribution in [3.05, 3.63) is 34.3 Å². The standard InChI is InChI=1S/C9H12BrN/c10-9-5-1-3-8(7-9)4-2-6-11/h1,3,5,7H,2,4,6,11H2/i6D2. The Labute approximate surface area is 78.5 Å². The van der Waals surface area contributed by atoms with Crippen LogP contribution >= 0.6 is 15.9 Å². The Hall–Kier alpha value is -0.340. The topological polar surface area (TPSA) is 26.0 Å². The first-order valence-corrected chi connectivity index (χ1v) is 4.30. The number of hydrogen-bond donors (Lipinski definition) is 1. The third-order valence-electron chi connectivity index (χ3n) is 1.45. The van der Waals surface area contributed by atoms with E-state index in [0.29, 0.717) is 12.8 Å². The predicted molar refractivity (Wildman–Crippen MR) is 51.5 cm³/mol. The van der Waals surface area contributed by atoms with Crippen LogP contribution in [0.4, 0.5) is 0 Å². The fourth-order valence-corrected chi connectivity index (χ4v) is 1.36. The van der Waals surface area contributed by atoms with Gasteiger partial charge in [0.2, 0.25) is 0 Å². The van der Waals surface area contributed by atoms with E-state index in [1.54, 1.807) is 0 Å². The van der Waals surface area contributed by atoms with Gasteiger partial charge >= 0.3 is 0 Å². The molecule has 0 atom stereocenters. The van der Waals surface area contributed by atoms with Gasteiger partial charge < -0.3 is 5.73 Å². The van der Waals surface area contributed by atoms with Crippen molar-refractivity contribution in [1.82, 2.24) is 0 Å². The predicted octanol–water partition coefficient (Wildman–Crippen LogP) is 2.34. The van der Waals surface area contributed by atoms with E-state index in [4.69, 9.17) is 8.48 Å². The van der Waals surface area contributed by atoms with E-state index in [2.05, 4.69) is 15.9 Å². The highest BCUT2D eigenvalue weighted by molar-refractivity contribution is 9.10. The highest BCUT2D eigenvalue weighted by Gasteiger charge is 1.91. The third-order valence-corrected chi connectivity index (χ3v) is 1.94. The highest BCUT2D eigenvalue weighted by Crippen LogP contribution is 2.12. The molecule has 0 radical (unpaired) electrons. The second kappa shape index (κ2) is 4.52. The quantitative estimate of drug-likeness (QED) is 0.824. The molecule has 0 amide bonds. The van der Waals surface area contributed by atoms with Crippen LogP contribution in [-0.2, 0) is 6.42 Å². The minimum atomic E-state index is -1.57. The fourth-order valence-electron chi connectivity index (χ4n) is 0.909. The molecule has 0 aliphatic heterocycles. The van der Waals surface area contributed by atoms with Crippen molar-refractivity contribution in [2.75, 3.05) is 6.50 Å². The van der Waals surface area contributed by atoms with Crippen LogP contribution in [0.5, 0.6) is 0 Å². The van der Waals surface area contributed by atoms with Gasteiger partial charge in [0.25, 0.3) is 0 Å². The van der Waals surface area contributed by atoms with Crippen LogP contribution in [0.15, 0.2) is 28.7 Å². The molecule has 0 bridgehead atoms. The van der Waals surface area contributed by atoms with Gasteiger partial charge in [-0.15, -0.1) is 0 Å². The Balaban J connectivity index is 2.55. The summed E-state index contributed by atoms with van der Waals surface area (Å²) < 4.78 is 15.4. The molecule has 0 heterocycles. The van der Waals surface area contributed by atoms with Crippen LogP contribution in [0.3, 0.4) is 0 Å². The van der Waals surface area contributed by atoms with Crippen molar-refractivity contribution in [2.45, 2.75) is 12.8 Å². The fraction of sp³-hybridized carbons (Fsp3) is 0.333. The number of aryl methyl sites for hydroxylation is 1. The first-order valence-electron chi connectivity index (χ1n) is 4.51. The molecule has 0 aliphatic rings. The van der Waals surface area contributed by atoms with Crippen LogP contribution in [-0.4, -0.2) is 6.50 Å². The summed E-state index contributed by atoms with van der Waals surface area (Å²) in [6.07, 6.45) is 1.02. The van der Waals surface area contributed by atoms with Gasteiger partial charge in [-0.2, -0.15) is 0 Å². The molecule has 60 valence electrons. The SMILES string of the molecule is [2H]C([2H])(N)CCc1cccc(Br)c1. The largest absolute Gasteiger partial charge is 0.330 e. The zero-order chi connectivity index (χ0) is 9.90. The van der Waals surface area contributed by atoms with Gasteiger partial charge in [-0.25, -0.2) is 0 Å². The van der Waals surface area contributed by atoms with Gasteiger partial charge in [-0.1, -0.05) is 28.1 Å². The van der Waals surface area contributed by atoms with E-state index in [1.165, 1.54) is 0 Å². The molecule has 1 aromatic rings. The van der Waals surface area contributed by atoms with E-state index in [0.717, 1.165) is 10.0 Å². The Morgan fingerprint density at radius 2 is 2.36 bits per heavy atom. The summed E-state index contributed by atoms with van der Waals surface area (Å²) in [6.45, 7) is -1.57. The summed E-state index contributed by atoms with van der Waals surface area (Å²) >= 11 is 3.36. The number of rotatable bonds is 3. The summed E-state index contributed by atoms with van der Waals surface area (Å²) in [4.78, 5) is 0. The molecule has 0 fully saturated rings. The maximum absolute atomic E-state index is 7.17. The average Bonchev–Trinajstić information content (AvgIpc) is 2.00. The van der Waals surface area contributed by atoms with Crippen molar-refractivity contribution >= 4 is 15.9 Å². The van der Waals surface area contributed by atoms with Gasteiger partial charge in [0.05, 0.1) is 0 Å². The van der Waals surface area contributed by atoms with Crippen LogP contribution in [0, 0.1) is 0 Å². The minimum Gasteiger partial charge on any atom is -0.330 e. The van der Waals surface area contributed by atoms with E-state index in [-0.39, 0.29) is 0 Å². The first kappa shape index (κ1) is 6.21. The van der Waals surface area contributed by atoms with Crippen LogP contribution < -0.4 is 5.73 Å². The van der Waals surface area contributed by atoms with Crippen molar-refractivity contribution in [2.24, 2.45) is 5.73 Å². The van der Waals surface area contributed by atoms with E-state index >= 15 is 0 Å². The normalized spacial score (nSPS) is 14.0. The molecule has 0 saturated carbocycles. The lowest BCUT2D eigenvalue weighted by molar-refractivity contribution is 0.832. The smallest absolute Gasteiger partial charge is 0.0426 e. The monoisotopic (exact) mass is 215 g/mol. The Bertz CT molecular complexity index is 283. The van der Waals surface area contributed by atoms with Crippen molar-refractivity contribution in [3.8, 4) is 0 Å². The van der Waals surface area contributed by atoms with Gasteiger partial charge in [0.1, 0.15) is 0 Å². The van der Waals surface area contributed by atoms with E-state index in [9.17, 15) is 0 Å². The molecular formula is C9H12BrN. The lowest BCUT2D eigenvalue weighted by Gasteiger charge is -1.98. The maximum atomic E-state index is 7.17. The first-order chi connectivity index (χ1) is 5.97. The second-order valence-corrected chi connectivity index (χ2v) is 3.25. The van der Waals surface area contributed by atoms with Crippen LogP contribution in [0.25, 0.3) is 0 Å². The van der Waals surface area contributed by atoms with Crippen molar-refractivity contribution in [3.63, 3.8) is 0 Å². The van der Waals surface area contributed by atoms with Gasteiger partial charge in [0.15, 0.2) is 0 Å². The summed E-state index contributed by atoms with van der Waals surface area (Å²) in [5.41, 5.74) is 6.34. The molecule has 0 aromatic heterocycles. The van der Waals surface area contributed by atoms with Crippen molar-refractivity contribution < 1.29 is 2.74 Å². The van der Waals surface area contributed by atoms with E-state index in [1.807, 2.05) is 24.3 Å². The van der Waals surface area contributed by atoms with E-state index < -0.39 is 6.50 Å². The molecule has 1 nitrogen and oxygen atoms in total. The highest BCUT2D eigenvalue weighted by atomic mass is 79.9. The molecule has 1 rings (SSSR count). The third kappa shape index (κ3) is 3.04. The molecule has 0 spiro atoms. The lowest BCUT2D eigenvalue weighted by Crippen LogP contribution is -1.99. The molecule has 11 heavy (non-hydrogen) atoms. The number of halogens is 1. The van der Waals surface area contributed by atoms with Gasteiger partial charge in [-0.3, -0.25) is 0 Å². The molecular weight excluding hydrogens is 202 g/mol. The Morgan fingerprint density at radius 3 is 3.00 bits per heavy atom. The molecule has 0 aliphatic carbocycles. The van der Waals surface area contributed by atoms with Gasteiger partial charge in [0, 0.05) is 7.21 Å².